The molecule has 2 rings (SSSR count). The van der Waals surface area contributed by atoms with E-state index in [0.717, 1.165) is 0 Å². The molecule has 0 spiro atoms. The minimum Gasteiger partial charge on any atom is -0.493 e. The van der Waals surface area contributed by atoms with Gasteiger partial charge in [0.2, 0.25) is 5.75 Å². The number of rotatable bonds is 8. The Morgan fingerprint density at radius 1 is 0.862 bits per heavy atom. The highest BCUT2D eigenvalue weighted by Crippen LogP contribution is 2.47. The van der Waals surface area contributed by atoms with Gasteiger partial charge in [-0.3, -0.25) is 4.79 Å². The standard InChI is InChI=1S/C22H27NO6/c1-7-23(8-2)21(24)16-13-17(26-3)19(27-4)20(28-5)18(16)14-9-11-15(12-10-14)22(25)29-6/h9-13H,7-8H2,1-6H3. The van der Waals surface area contributed by atoms with Crippen LogP contribution < -0.4 is 14.2 Å². The third-order valence-electron chi connectivity index (χ3n) is 4.71. The lowest BCUT2D eigenvalue weighted by Gasteiger charge is -2.24. The van der Waals surface area contributed by atoms with Gasteiger partial charge in [0.1, 0.15) is 0 Å². The SMILES string of the molecule is CCN(CC)C(=O)c1cc(OC)c(OC)c(OC)c1-c1ccc(C(=O)OC)cc1. The van der Waals surface area contributed by atoms with Crippen molar-refractivity contribution in [3.63, 3.8) is 0 Å². The maximum Gasteiger partial charge on any atom is 0.337 e. The average molecular weight is 401 g/mol. The second kappa shape index (κ2) is 9.82. The first-order valence-corrected chi connectivity index (χ1v) is 9.28. The summed E-state index contributed by atoms with van der Waals surface area (Å²) in [6.45, 7) is 4.97. The van der Waals surface area contributed by atoms with Crippen LogP contribution in [0.5, 0.6) is 17.2 Å². The molecule has 0 aliphatic heterocycles. The average Bonchev–Trinajstić information content (AvgIpc) is 2.77. The number of carbonyl (C=O) groups excluding carboxylic acids is 2. The van der Waals surface area contributed by atoms with E-state index in [2.05, 4.69) is 0 Å². The summed E-state index contributed by atoms with van der Waals surface area (Å²) in [5.74, 6) is 0.581. The third kappa shape index (κ3) is 4.29. The Morgan fingerprint density at radius 2 is 1.45 bits per heavy atom. The molecule has 0 N–H and O–H groups in total. The summed E-state index contributed by atoms with van der Waals surface area (Å²) in [7, 11) is 5.86. The van der Waals surface area contributed by atoms with Gasteiger partial charge in [0.05, 0.1) is 39.6 Å². The van der Waals surface area contributed by atoms with Gasteiger partial charge in [-0.1, -0.05) is 12.1 Å². The van der Waals surface area contributed by atoms with E-state index in [1.807, 2.05) is 13.8 Å². The van der Waals surface area contributed by atoms with Gasteiger partial charge in [-0.25, -0.2) is 4.79 Å². The molecule has 7 heteroatoms. The maximum absolute atomic E-state index is 13.3. The second-order valence-electron chi connectivity index (χ2n) is 6.11. The number of nitrogens with zero attached hydrogens (tertiary/aromatic N) is 1. The van der Waals surface area contributed by atoms with Crippen LogP contribution in [0.2, 0.25) is 0 Å². The quantitative estimate of drug-likeness (QED) is 0.629. The number of amides is 1. The molecule has 156 valence electrons. The lowest BCUT2D eigenvalue weighted by Crippen LogP contribution is -2.31. The van der Waals surface area contributed by atoms with E-state index in [1.165, 1.54) is 28.4 Å². The molecule has 0 aliphatic rings. The van der Waals surface area contributed by atoms with Gasteiger partial charge in [0.15, 0.2) is 11.5 Å². The predicted molar refractivity (Wildman–Crippen MR) is 110 cm³/mol. The number of carbonyl (C=O) groups is 2. The van der Waals surface area contributed by atoms with Crippen molar-refractivity contribution < 1.29 is 28.5 Å². The predicted octanol–water partition coefficient (Wildman–Crippen LogP) is 3.65. The molecule has 0 heterocycles. The highest BCUT2D eigenvalue weighted by atomic mass is 16.5. The zero-order valence-corrected chi connectivity index (χ0v) is 17.7. The highest BCUT2D eigenvalue weighted by molar-refractivity contribution is 6.04. The van der Waals surface area contributed by atoms with Crippen molar-refractivity contribution in [3.8, 4) is 28.4 Å². The van der Waals surface area contributed by atoms with Crippen molar-refractivity contribution in [2.24, 2.45) is 0 Å². The Morgan fingerprint density at radius 3 is 1.90 bits per heavy atom. The van der Waals surface area contributed by atoms with Gasteiger partial charge in [-0.05, 0) is 37.6 Å². The van der Waals surface area contributed by atoms with E-state index in [1.54, 1.807) is 35.2 Å². The molecule has 2 aromatic carbocycles. The smallest absolute Gasteiger partial charge is 0.337 e. The van der Waals surface area contributed by atoms with E-state index in [4.69, 9.17) is 18.9 Å². The summed E-state index contributed by atoms with van der Waals surface area (Å²) in [5, 5.41) is 0. The monoisotopic (exact) mass is 401 g/mol. The first-order chi connectivity index (χ1) is 14.0. The Kier molecular flexibility index (Phi) is 7.47. The van der Waals surface area contributed by atoms with E-state index in [0.29, 0.717) is 52.6 Å². The fourth-order valence-electron chi connectivity index (χ4n) is 3.18. The van der Waals surface area contributed by atoms with Crippen LogP contribution in [0.4, 0.5) is 0 Å². The van der Waals surface area contributed by atoms with Crippen molar-refractivity contribution >= 4 is 11.9 Å². The summed E-state index contributed by atoms with van der Waals surface area (Å²) in [5.41, 5.74) is 2.10. The number of hydrogen-bond acceptors (Lipinski definition) is 6. The van der Waals surface area contributed by atoms with Crippen molar-refractivity contribution in [1.82, 2.24) is 4.90 Å². The molecule has 0 aromatic heterocycles. The summed E-state index contributed by atoms with van der Waals surface area (Å²) in [4.78, 5) is 26.7. The molecule has 0 fully saturated rings. The summed E-state index contributed by atoms with van der Waals surface area (Å²) in [6, 6.07) is 8.43. The van der Waals surface area contributed by atoms with Gasteiger partial charge in [0.25, 0.3) is 5.91 Å². The summed E-state index contributed by atoms with van der Waals surface area (Å²) >= 11 is 0. The fourth-order valence-corrected chi connectivity index (χ4v) is 3.18. The van der Waals surface area contributed by atoms with Gasteiger partial charge in [-0.2, -0.15) is 0 Å². The minimum atomic E-state index is -0.435. The molecule has 0 radical (unpaired) electrons. The largest absolute Gasteiger partial charge is 0.493 e. The Labute approximate surface area is 171 Å². The van der Waals surface area contributed by atoms with Gasteiger partial charge >= 0.3 is 5.97 Å². The van der Waals surface area contributed by atoms with Crippen LogP contribution in [0.3, 0.4) is 0 Å². The normalized spacial score (nSPS) is 10.3. The van der Waals surface area contributed by atoms with E-state index >= 15 is 0 Å². The molecular weight excluding hydrogens is 374 g/mol. The van der Waals surface area contributed by atoms with Crippen molar-refractivity contribution in [2.45, 2.75) is 13.8 Å². The molecule has 0 bridgehead atoms. The van der Waals surface area contributed by atoms with E-state index in [9.17, 15) is 9.59 Å². The summed E-state index contributed by atoms with van der Waals surface area (Å²) < 4.78 is 21.3. The van der Waals surface area contributed by atoms with Crippen molar-refractivity contribution in [3.05, 3.63) is 41.5 Å². The first-order valence-electron chi connectivity index (χ1n) is 9.28. The van der Waals surface area contributed by atoms with Crippen LogP contribution in [-0.4, -0.2) is 58.3 Å². The van der Waals surface area contributed by atoms with Crippen LogP contribution in [0.15, 0.2) is 30.3 Å². The zero-order chi connectivity index (χ0) is 21.6. The Bertz CT molecular complexity index is 872. The third-order valence-corrected chi connectivity index (χ3v) is 4.71. The van der Waals surface area contributed by atoms with E-state index < -0.39 is 5.97 Å². The van der Waals surface area contributed by atoms with Crippen LogP contribution in [0, 0.1) is 0 Å². The molecule has 7 nitrogen and oxygen atoms in total. The van der Waals surface area contributed by atoms with Crippen LogP contribution in [0.25, 0.3) is 11.1 Å². The zero-order valence-electron chi connectivity index (χ0n) is 17.7. The number of esters is 1. The number of hydrogen-bond donors (Lipinski definition) is 0. The lowest BCUT2D eigenvalue weighted by molar-refractivity contribution is 0.0600. The fraction of sp³-hybridized carbons (Fsp3) is 0.364. The molecular formula is C22H27NO6. The molecule has 0 saturated carbocycles. The van der Waals surface area contributed by atoms with Gasteiger partial charge in [0, 0.05) is 18.7 Å². The number of ether oxygens (including phenoxy) is 4. The lowest BCUT2D eigenvalue weighted by atomic mass is 9.95. The molecule has 0 unspecified atom stereocenters. The van der Waals surface area contributed by atoms with E-state index in [-0.39, 0.29) is 5.91 Å². The topological polar surface area (TPSA) is 74.3 Å². The van der Waals surface area contributed by atoms with Crippen molar-refractivity contribution in [2.75, 3.05) is 41.5 Å². The molecule has 0 saturated heterocycles. The highest BCUT2D eigenvalue weighted by Gasteiger charge is 2.27. The molecule has 0 atom stereocenters. The number of methoxy groups -OCH3 is 4. The Balaban J connectivity index is 2.79. The molecule has 2 aromatic rings. The van der Waals surface area contributed by atoms with Crippen LogP contribution in [0.1, 0.15) is 34.6 Å². The Hall–Kier alpha value is -3.22. The summed E-state index contributed by atoms with van der Waals surface area (Å²) in [6.07, 6.45) is 0. The molecule has 29 heavy (non-hydrogen) atoms. The number of benzene rings is 2. The van der Waals surface area contributed by atoms with Gasteiger partial charge < -0.3 is 23.8 Å². The molecule has 0 aliphatic carbocycles. The minimum absolute atomic E-state index is 0.152. The first kappa shape index (κ1) is 22.1. The molecule has 1 amide bonds. The second-order valence-corrected chi connectivity index (χ2v) is 6.11. The van der Waals surface area contributed by atoms with Crippen LogP contribution in [-0.2, 0) is 4.74 Å². The van der Waals surface area contributed by atoms with Crippen molar-refractivity contribution in [1.29, 1.82) is 0 Å². The van der Waals surface area contributed by atoms with Gasteiger partial charge in [-0.15, -0.1) is 0 Å². The maximum atomic E-state index is 13.3. The van der Waals surface area contributed by atoms with Crippen LogP contribution >= 0.6 is 0 Å².